The van der Waals surface area contributed by atoms with Crippen LogP contribution in [0.25, 0.3) is 0 Å². The highest BCUT2D eigenvalue weighted by Crippen LogP contribution is 2.32. The fraction of sp³-hybridized carbons (Fsp3) is 0.310. The Morgan fingerprint density at radius 3 is 2.15 bits per heavy atom. The van der Waals surface area contributed by atoms with E-state index in [2.05, 4.69) is 5.32 Å². The van der Waals surface area contributed by atoms with Crippen molar-refractivity contribution in [3.8, 4) is 11.5 Å². The summed E-state index contributed by atoms with van der Waals surface area (Å²) in [5.74, 6) is -0.279. The maximum atomic E-state index is 14.0. The Labute approximate surface area is 230 Å². The molecule has 1 N–H and O–H groups in total. The molecule has 0 heterocycles. The minimum atomic E-state index is -4.23. The number of amides is 2. The van der Waals surface area contributed by atoms with Gasteiger partial charge in [0.25, 0.3) is 10.0 Å². The highest BCUT2D eigenvalue weighted by molar-refractivity contribution is 7.92. The third kappa shape index (κ3) is 6.88. The molecule has 2 amide bonds. The molecule has 1 atom stereocenters. The number of likely N-dealkylation sites (N-methyl/N-ethyl adjacent to an activating group) is 1. The molecule has 0 radical (unpaired) electrons. The van der Waals surface area contributed by atoms with Gasteiger partial charge in [-0.15, -0.1) is 0 Å². The summed E-state index contributed by atoms with van der Waals surface area (Å²) >= 11 is 0. The van der Waals surface area contributed by atoms with Crippen molar-refractivity contribution in [1.29, 1.82) is 0 Å². The third-order valence-corrected chi connectivity index (χ3v) is 8.16. The van der Waals surface area contributed by atoms with E-state index in [1.54, 1.807) is 31.2 Å². The molecule has 39 heavy (non-hydrogen) atoms. The Hall–Kier alpha value is -4.05. The zero-order valence-electron chi connectivity index (χ0n) is 23.1. The van der Waals surface area contributed by atoms with Crippen LogP contribution in [0.2, 0.25) is 0 Å². The number of sulfonamides is 1. The van der Waals surface area contributed by atoms with Gasteiger partial charge in [0.15, 0.2) is 11.5 Å². The summed E-state index contributed by atoms with van der Waals surface area (Å²) in [7, 11) is 0.133. The molecule has 208 valence electrons. The lowest BCUT2D eigenvalue weighted by atomic mass is 10.1. The zero-order chi connectivity index (χ0) is 28.7. The van der Waals surface area contributed by atoms with Crippen molar-refractivity contribution in [2.45, 2.75) is 38.3 Å². The Morgan fingerprint density at radius 2 is 1.56 bits per heavy atom. The normalized spacial score (nSPS) is 11.8. The lowest BCUT2D eigenvalue weighted by Crippen LogP contribution is -2.50. The van der Waals surface area contributed by atoms with E-state index in [1.807, 2.05) is 38.1 Å². The van der Waals surface area contributed by atoms with Crippen molar-refractivity contribution in [3.63, 3.8) is 0 Å². The van der Waals surface area contributed by atoms with E-state index < -0.39 is 28.5 Å². The Kier molecular flexibility index (Phi) is 9.58. The quantitative estimate of drug-likeness (QED) is 0.389. The van der Waals surface area contributed by atoms with Gasteiger partial charge in [0.2, 0.25) is 11.8 Å². The van der Waals surface area contributed by atoms with Crippen LogP contribution in [0.3, 0.4) is 0 Å². The fourth-order valence-corrected chi connectivity index (χ4v) is 5.57. The van der Waals surface area contributed by atoms with Gasteiger partial charge in [-0.1, -0.05) is 47.5 Å². The van der Waals surface area contributed by atoms with Crippen LogP contribution in [0.5, 0.6) is 11.5 Å². The first kappa shape index (κ1) is 29.5. The number of carbonyl (C=O) groups is 2. The van der Waals surface area contributed by atoms with E-state index >= 15 is 0 Å². The highest BCUT2D eigenvalue weighted by atomic mass is 32.2. The summed E-state index contributed by atoms with van der Waals surface area (Å²) in [4.78, 5) is 27.8. The number of nitrogens with one attached hydrogen (secondary N) is 1. The first-order valence-electron chi connectivity index (χ1n) is 12.4. The van der Waals surface area contributed by atoms with Crippen LogP contribution in [0.1, 0.15) is 23.6 Å². The second-order valence-corrected chi connectivity index (χ2v) is 11.0. The van der Waals surface area contributed by atoms with Crippen LogP contribution in [0.15, 0.2) is 71.6 Å². The van der Waals surface area contributed by atoms with Crippen LogP contribution in [0.4, 0.5) is 5.69 Å². The van der Waals surface area contributed by atoms with E-state index in [1.165, 1.54) is 44.4 Å². The monoisotopic (exact) mass is 553 g/mol. The summed E-state index contributed by atoms with van der Waals surface area (Å²) in [5.41, 5.74) is 3.07. The number of benzene rings is 3. The lowest BCUT2D eigenvalue weighted by molar-refractivity contribution is -0.139. The van der Waals surface area contributed by atoms with Gasteiger partial charge >= 0.3 is 0 Å². The maximum absolute atomic E-state index is 14.0. The van der Waals surface area contributed by atoms with Crippen LogP contribution in [-0.4, -0.2) is 59.0 Å². The van der Waals surface area contributed by atoms with Gasteiger partial charge in [0.1, 0.15) is 12.6 Å². The molecule has 0 saturated carbocycles. The fourth-order valence-electron chi connectivity index (χ4n) is 4.14. The predicted molar refractivity (Wildman–Crippen MR) is 151 cm³/mol. The molecule has 0 unspecified atom stereocenters. The van der Waals surface area contributed by atoms with Gasteiger partial charge in [0, 0.05) is 19.7 Å². The summed E-state index contributed by atoms with van der Waals surface area (Å²) in [5, 5.41) is 2.58. The number of aryl methyl sites for hydroxylation is 2. The maximum Gasteiger partial charge on any atom is 0.264 e. The van der Waals surface area contributed by atoms with Crippen molar-refractivity contribution in [3.05, 3.63) is 83.4 Å². The number of hydrogen-bond acceptors (Lipinski definition) is 6. The molecule has 0 saturated heterocycles. The summed E-state index contributed by atoms with van der Waals surface area (Å²) in [6.45, 7) is 5.05. The van der Waals surface area contributed by atoms with Gasteiger partial charge in [-0.3, -0.25) is 13.9 Å². The van der Waals surface area contributed by atoms with Gasteiger partial charge < -0.3 is 19.7 Å². The Morgan fingerprint density at radius 1 is 0.897 bits per heavy atom. The van der Waals surface area contributed by atoms with E-state index in [0.717, 1.165) is 21.0 Å². The largest absolute Gasteiger partial charge is 0.493 e. The standard InChI is InChI=1S/C29H35N3O6S/c1-20-10-12-24(13-11-20)32(39(35,36)25-14-15-26(37-5)27(17-25)38-6)19-28(33)31(22(3)29(34)30-4)18-23-9-7-8-21(2)16-23/h7-17,22H,18-19H2,1-6H3,(H,30,34)/t22-/m1/s1. The average Bonchev–Trinajstić information content (AvgIpc) is 2.93. The minimum Gasteiger partial charge on any atom is -0.493 e. The van der Waals surface area contributed by atoms with Crippen LogP contribution in [-0.2, 0) is 26.2 Å². The number of anilines is 1. The molecular formula is C29H35N3O6S. The molecule has 0 aliphatic heterocycles. The summed E-state index contributed by atoms with van der Waals surface area (Å²) in [6.07, 6.45) is 0. The van der Waals surface area contributed by atoms with Crippen molar-refractivity contribution >= 4 is 27.5 Å². The van der Waals surface area contributed by atoms with E-state index in [4.69, 9.17) is 9.47 Å². The predicted octanol–water partition coefficient (Wildman–Crippen LogP) is 3.68. The van der Waals surface area contributed by atoms with Crippen LogP contribution >= 0.6 is 0 Å². The smallest absolute Gasteiger partial charge is 0.264 e. The van der Waals surface area contributed by atoms with Crippen molar-refractivity contribution in [1.82, 2.24) is 10.2 Å². The Balaban J connectivity index is 2.07. The number of carbonyl (C=O) groups excluding carboxylic acids is 2. The first-order chi connectivity index (χ1) is 18.5. The minimum absolute atomic E-state index is 0.0712. The second-order valence-electron chi connectivity index (χ2n) is 9.16. The van der Waals surface area contributed by atoms with Gasteiger partial charge in [-0.05, 0) is 50.6 Å². The third-order valence-electron chi connectivity index (χ3n) is 6.39. The molecule has 3 rings (SSSR count). The number of nitrogens with zero attached hydrogens (tertiary/aromatic N) is 2. The topological polar surface area (TPSA) is 105 Å². The molecule has 10 heteroatoms. The molecular weight excluding hydrogens is 518 g/mol. The van der Waals surface area contributed by atoms with Crippen molar-refractivity contribution < 1.29 is 27.5 Å². The Bertz CT molecular complexity index is 1420. The number of ether oxygens (including phenoxy) is 2. The van der Waals surface area contributed by atoms with E-state index in [9.17, 15) is 18.0 Å². The van der Waals surface area contributed by atoms with Gasteiger partial charge in [-0.2, -0.15) is 0 Å². The summed E-state index contributed by atoms with van der Waals surface area (Å²) < 4.78 is 39.6. The SMILES string of the molecule is CNC(=O)[C@@H](C)N(Cc1cccc(C)c1)C(=O)CN(c1ccc(C)cc1)S(=O)(=O)c1ccc(OC)c(OC)c1. The molecule has 0 spiro atoms. The molecule has 0 aliphatic rings. The number of methoxy groups -OCH3 is 2. The molecule has 3 aromatic rings. The van der Waals surface area contributed by atoms with Gasteiger partial charge in [-0.25, -0.2) is 8.42 Å². The van der Waals surface area contributed by atoms with Crippen LogP contribution in [0, 0.1) is 13.8 Å². The second kappa shape index (κ2) is 12.7. The van der Waals surface area contributed by atoms with Gasteiger partial charge in [0.05, 0.1) is 24.8 Å². The average molecular weight is 554 g/mol. The molecule has 9 nitrogen and oxygen atoms in total. The zero-order valence-corrected chi connectivity index (χ0v) is 23.9. The molecule has 0 bridgehead atoms. The first-order valence-corrected chi connectivity index (χ1v) is 13.8. The van der Waals surface area contributed by atoms with Crippen molar-refractivity contribution in [2.75, 3.05) is 32.1 Å². The van der Waals surface area contributed by atoms with E-state index in [0.29, 0.717) is 11.4 Å². The lowest BCUT2D eigenvalue weighted by Gasteiger charge is -2.32. The van der Waals surface area contributed by atoms with Crippen LogP contribution < -0.4 is 19.1 Å². The van der Waals surface area contributed by atoms with E-state index in [-0.39, 0.29) is 23.1 Å². The highest BCUT2D eigenvalue weighted by Gasteiger charge is 2.32. The molecule has 0 aromatic heterocycles. The number of hydrogen-bond donors (Lipinski definition) is 1. The molecule has 3 aromatic carbocycles. The van der Waals surface area contributed by atoms with Crippen molar-refractivity contribution in [2.24, 2.45) is 0 Å². The molecule has 0 fully saturated rings. The molecule has 0 aliphatic carbocycles. The summed E-state index contributed by atoms with van der Waals surface area (Å²) in [6, 6.07) is 17.9. The number of rotatable bonds is 11.